The van der Waals surface area contributed by atoms with Gasteiger partial charge < -0.3 is 29.6 Å². The first-order chi connectivity index (χ1) is 17.7. The Kier molecular flexibility index (Phi) is 20.3. The first-order valence-corrected chi connectivity index (χ1v) is 12.7. The average Bonchev–Trinajstić information content (AvgIpc) is 2.84. The molecule has 1 aromatic rings. The van der Waals surface area contributed by atoms with Gasteiger partial charge in [-0.25, -0.2) is 4.79 Å². The molecule has 1 aromatic carbocycles. The molecule has 9 heteroatoms. The van der Waals surface area contributed by atoms with Crippen LogP contribution in [0.5, 0.6) is 0 Å². The lowest BCUT2D eigenvalue weighted by atomic mass is 10.1. The first kappa shape index (κ1) is 33.9. The van der Waals surface area contributed by atoms with E-state index >= 15 is 0 Å². The van der Waals surface area contributed by atoms with Crippen molar-refractivity contribution >= 4 is 12.0 Å². The molecule has 0 aromatic heterocycles. The minimum Gasteiger partial charge on any atom is -0.444 e. The summed E-state index contributed by atoms with van der Waals surface area (Å²) in [6.07, 6.45) is 2.21. The van der Waals surface area contributed by atoms with E-state index in [4.69, 9.17) is 24.2 Å². The van der Waals surface area contributed by atoms with Crippen molar-refractivity contribution in [3.05, 3.63) is 35.4 Å². The topological polar surface area (TPSA) is 119 Å². The minimum absolute atomic E-state index is 0. The number of ether oxygens (including phenoxy) is 4. The maximum atomic E-state index is 12.1. The second kappa shape index (κ2) is 22.1. The van der Waals surface area contributed by atoms with E-state index in [-0.39, 0.29) is 8.76 Å². The van der Waals surface area contributed by atoms with E-state index in [2.05, 4.69) is 36.3 Å². The Bertz CT molecular complexity index is 859. The van der Waals surface area contributed by atoms with E-state index in [0.717, 1.165) is 0 Å². The minimum atomic E-state index is -0.498. The molecule has 210 valence electrons. The number of amides is 2. The second-order valence-corrected chi connectivity index (χ2v) is 8.88. The van der Waals surface area contributed by atoms with Gasteiger partial charge in [-0.2, -0.15) is 5.26 Å². The third-order valence-electron chi connectivity index (χ3n) is 4.04. The number of nitriles is 1. The molecule has 0 unspecified atom stereocenters. The summed E-state index contributed by atoms with van der Waals surface area (Å²) in [6, 6.07) is 8.51. The fraction of sp³-hybridized carbons (Fsp3) is 0.607. The number of rotatable bonds is 15. The molecule has 9 nitrogen and oxygen atoms in total. The molecule has 0 bridgehead atoms. The Morgan fingerprint density at radius 3 is 1.84 bits per heavy atom. The van der Waals surface area contributed by atoms with Gasteiger partial charge in [0.25, 0.3) is 5.91 Å². The molecule has 2 amide bonds. The van der Waals surface area contributed by atoms with Crippen LogP contribution in [0.3, 0.4) is 0 Å². The predicted molar refractivity (Wildman–Crippen MR) is 147 cm³/mol. The molecule has 1 rings (SSSR count). The van der Waals surface area contributed by atoms with E-state index in [9.17, 15) is 9.59 Å². The van der Waals surface area contributed by atoms with Crippen molar-refractivity contribution < 1.29 is 31.4 Å². The molecule has 0 saturated carbocycles. The van der Waals surface area contributed by atoms with Crippen LogP contribution in [0.2, 0.25) is 0 Å². The number of carbonyl (C=O) groups excluding carboxylic acids is 2. The van der Waals surface area contributed by atoms with Gasteiger partial charge in [0.1, 0.15) is 5.60 Å². The third-order valence-corrected chi connectivity index (χ3v) is 4.04. The lowest BCUT2D eigenvalue weighted by Crippen LogP contribution is -2.33. The SMILES string of the molecule is CC(C)(C)OC(=O)NCCCOCCOCCOCCCNC(=O)c1ccc(C#CC#N)cc1.CCC.[HH].[HH]. The third kappa shape index (κ3) is 21.9. The van der Waals surface area contributed by atoms with Gasteiger partial charge in [0.15, 0.2) is 6.07 Å². The maximum absolute atomic E-state index is 12.1. The van der Waals surface area contributed by atoms with Crippen molar-refractivity contribution in [2.75, 3.05) is 52.7 Å². The van der Waals surface area contributed by atoms with Crippen LogP contribution in [0.4, 0.5) is 4.79 Å². The zero-order valence-corrected chi connectivity index (χ0v) is 23.0. The lowest BCUT2D eigenvalue weighted by molar-refractivity contribution is 0.0136. The van der Waals surface area contributed by atoms with Crippen LogP contribution in [0.25, 0.3) is 0 Å². The number of carbonyl (C=O) groups is 2. The normalized spacial score (nSPS) is 10.2. The van der Waals surface area contributed by atoms with E-state index in [1.165, 1.54) is 6.42 Å². The molecule has 0 aliphatic carbocycles. The maximum Gasteiger partial charge on any atom is 0.407 e. The van der Waals surface area contributed by atoms with Gasteiger partial charge in [0, 0.05) is 46.2 Å². The van der Waals surface area contributed by atoms with Crippen molar-refractivity contribution in [3.8, 4) is 17.9 Å². The average molecular weight is 522 g/mol. The first-order valence-electron chi connectivity index (χ1n) is 12.7. The Morgan fingerprint density at radius 1 is 0.865 bits per heavy atom. The molecule has 0 spiro atoms. The fourth-order valence-electron chi connectivity index (χ4n) is 2.50. The van der Waals surface area contributed by atoms with Crippen molar-refractivity contribution in [1.82, 2.24) is 10.6 Å². The number of hydrogen-bond donors (Lipinski definition) is 2. The summed E-state index contributed by atoms with van der Waals surface area (Å²) in [5.41, 5.74) is 0.730. The number of nitrogens with zero attached hydrogens (tertiary/aromatic N) is 1. The predicted octanol–water partition coefficient (Wildman–Crippen LogP) is 4.55. The summed E-state index contributed by atoms with van der Waals surface area (Å²) >= 11 is 0. The van der Waals surface area contributed by atoms with Gasteiger partial charge in [-0.15, -0.1) is 0 Å². The second-order valence-electron chi connectivity index (χ2n) is 8.88. The van der Waals surface area contributed by atoms with Crippen LogP contribution in [-0.2, 0) is 18.9 Å². The summed E-state index contributed by atoms with van der Waals surface area (Å²) in [7, 11) is 0. The summed E-state index contributed by atoms with van der Waals surface area (Å²) in [5, 5.41) is 13.9. The number of alkyl carbamates (subject to hydrolysis) is 1. The van der Waals surface area contributed by atoms with Crippen LogP contribution in [0.15, 0.2) is 24.3 Å². The Balaban J connectivity index is -0.00000247. The van der Waals surface area contributed by atoms with Gasteiger partial charge in [-0.1, -0.05) is 26.2 Å². The Labute approximate surface area is 225 Å². The van der Waals surface area contributed by atoms with Gasteiger partial charge in [0.05, 0.1) is 26.4 Å². The largest absolute Gasteiger partial charge is 0.444 e. The summed E-state index contributed by atoms with van der Waals surface area (Å²) in [6.45, 7) is 13.6. The standard InChI is InChI=1S/C25H35N3O6.C3H8.2H2/c1-25(2,3)34-24(30)28-14-6-16-32-18-20-33-19-17-31-15-5-13-27-23(29)22-10-8-21(9-11-22)7-4-12-26;1-3-2;;/h8-11H,5-6,13-20H2,1-3H3,(H,27,29)(H,28,30);3H2,1-2H3;2*1H. The van der Waals surface area contributed by atoms with Crippen molar-refractivity contribution in [2.45, 2.75) is 59.5 Å². The molecule has 0 heterocycles. The highest BCUT2D eigenvalue weighted by Gasteiger charge is 2.15. The Morgan fingerprint density at radius 2 is 1.35 bits per heavy atom. The molecule has 0 aliphatic heterocycles. The van der Waals surface area contributed by atoms with E-state index in [1.54, 1.807) is 30.3 Å². The van der Waals surface area contributed by atoms with Gasteiger partial charge in [-0.05, 0) is 57.9 Å². The van der Waals surface area contributed by atoms with Crippen LogP contribution < -0.4 is 10.6 Å². The molecule has 0 fully saturated rings. The fourth-order valence-corrected chi connectivity index (χ4v) is 2.50. The summed E-state index contributed by atoms with van der Waals surface area (Å²) in [5.74, 6) is 4.83. The zero-order valence-electron chi connectivity index (χ0n) is 23.0. The molecule has 0 saturated heterocycles. The molecule has 37 heavy (non-hydrogen) atoms. The summed E-state index contributed by atoms with van der Waals surface area (Å²) < 4.78 is 21.5. The van der Waals surface area contributed by atoms with Crippen LogP contribution in [-0.4, -0.2) is 70.3 Å². The molecule has 0 aliphatic rings. The van der Waals surface area contributed by atoms with Crippen LogP contribution in [0, 0.1) is 23.2 Å². The number of nitrogens with one attached hydrogen (secondary N) is 2. The highest BCUT2D eigenvalue weighted by atomic mass is 16.6. The monoisotopic (exact) mass is 521 g/mol. The zero-order chi connectivity index (χ0) is 27.8. The van der Waals surface area contributed by atoms with E-state index in [0.29, 0.717) is 76.7 Å². The van der Waals surface area contributed by atoms with Gasteiger partial charge >= 0.3 is 6.09 Å². The van der Waals surface area contributed by atoms with Gasteiger partial charge in [-0.3, -0.25) is 4.79 Å². The highest BCUT2D eigenvalue weighted by Crippen LogP contribution is 2.06. The van der Waals surface area contributed by atoms with Crippen molar-refractivity contribution in [3.63, 3.8) is 0 Å². The van der Waals surface area contributed by atoms with E-state index < -0.39 is 11.7 Å². The Hall–Kier alpha value is -3.11. The van der Waals surface area contributed by atoms with Crippen LogP contribution in [0.1, 0.15) is 72.7 Å². The van der Waals surface area contributed by atoms with Crippen molar-refractivity contribution in [1.29, 1.82) is 5.26 Å². The molecule has 2 N–H and O–H groups in total. The van der Waals surface area contributed by atoms with Crippen molar-refractivity contribution in [2.24, 2.45) is 0 Å². The molecule has 0 atom stereocenters. The smallest absolute Gasteiger partial charge is 0.407 e. The van der Waals surface area contributed by atoms with Gasteiger partial charge in [0.2, 0.25) is 0 Å². The molecule has 0 radical (unpaired) electrons. The lowest BCUT2D eigenvalue weighted by Gasteiger charge is -2.19. The molecular formula is C28H47N3O6. The quantitative estimate of drug-likeness (QED) is 0.257. The highest BCUT2D eigenvalue weighted by molar-refractivity contribution is 5.94. The summed E-state index contributed by atoms with van der Waals surface area (Å²) in [4.78, 5) is 23.5. The number of hydrogen-bond acceptors (Lipinski definition) is 7. The van der Waals surface area contributed by atoms with Crippen LogP contribution >= 0.6 is 0 Å². The number of benzene rings is 1. The molecular weight excluding hydrogens is 474 g/mol. The van der Waals surface area contributed by atoms with E-state index in [1.807, 2.05) is 20.8 Å².